The Morgan fingerprint density at radius 1 is 1.18 bits per heavy atom. The van der Waals surface area contributed by atoms with E-state index >= 15 is 0 Å². The first kappa shape index (κ1) is 11.4. The average molecular weight is 299 g/mol. The van der Waals surface area contributed by atoms with Crippen molar-refractivity contribution in [1.82, 2.24) is 9.97 Å². The molecular weight excluding hydrogens is 284 g/mol. The van der Waals surface area contributed by atoms with E-state index < -0.39 is 0 Å². The number of rotatable bonds is 3. The number of ether oxygens (including phenoxy) is 2. The normalized spacial score (nSPS) is 21.5. The summed E-state index contributed by atoms with van der Waals surface area (Å²) < 4.78 is 12.0. The molecule has 17 heavy (non-hydrogen) atoms. The first-order valence-corrected chi connectivity index (χ1v) is 6.89. The maximum absolute atomic E-state index is 5.89. The highest BCUT2D eigenvalue weighted by molar-refractivity contribution is 9.10. The van der Waals surface area contributed by atoms with E-state index in [9.17, 15) is 0 Å². The van der Waals surface area contributed by atoms with Crippen LogP contribution in [0.25, 0.3) is 0 Å². The van der Waals surface area contributed by atoms with E-state index in [2.05, 4.69) is 25.9 Å². The van der Waals surface area contributed by atoms with Gasteiger partial charge in [-0.15, -0.1) is 0 Å². The number of hydrogen-bond acceptors (Lipinski definition) is 4. The van der Waals surface area contributed by atoms with Gasteiger partial charge in [0.2, 0.25) is 5.88 Å². The molecule has 2 aliphatic rings. The summed E-state index contributed by atoms with van der Waals surface area (Å²) in [6, 6.07) is 1.85. The second kappa shape index (κ2) is 4.90. The van der Waals surface area contributed by atoms with Crippen LogP contribution in [0.2, 0.25) is 0 Å². The highest BCUT2D eigenvalue weighted by Crippen LogP contribution is 2.39. The molecule has 1 aliphatic heterocycles. The Morgan fingerprint density at radius 3 is 2.65 bits per heavy atom. The molecule has 4 nitrogen and oxygen atoms in total. The van der Waals surface area contributed by atoms with E-state index in [1.54, 1.807) is 0 Å². The van der Waals surface area contributed by atoms with Gasteiger partial charge in [-0.05, 0) is 28.8 Å². The lowest BCUT2D eigenvalue weighted by atomic mass is 10.2. The van der Waals surface area contributed by atoms with E-state index in [4.69, 9.17) is 9.47 Å². The molecule has 0 unspecified atom stereocenters. The molecule has 0 spiro atoms. The molecule has 1 aromatic rings. The third-order valence-corrected chi connectivity index (χ3v) is 3.49. The quantitative estimate of drug-likeness (QED) is 0.805. The summed E-state index contributed by atoms with van der Waals surface area (Å²) in [7, 11) is 0. The molecule has 5 heteroatoms. The van der Waals surface area contributed by atoms with Gasteiger partial charge in [-0.1, -0.05) is 0 Å². The molecule has 2 fully saturated rings. The van der Waals surface area contributed by atoms with Gasteiger partial charge in [0.05, 0.1) is 13.2 Å². The van der Waals surface area contributed by atoms with Crippen LogP contribution in [0.1, 0.15) is 37.4 Å². The van der Waals surface area contributed by atoms with Crippen LogP contribution in [0.3, 0.4) is 0 Å². The summed E-state index contributed by atoms with van der Waals surface area (Å²) in [5, 5.41) is 0. The molecule has 0 bridgehead atoms. The number of aromatic nitrogens is 2. The van der Waals surface area contributed by atoms with Crippen LogP contribution >= 0.6 is 15.9 Å². The van der Waals surface area contributed by atoms with Gasteiger partial charge >= 0.3 is 0 Å². The van der Waals surface area contributed by atoms with Crippen LogP contribution in [-0.2, 0) is 4.74 Å². The van der Waals surface area contributed by atoms with Crippen molar-refractivity contribution in [3.63, 3.8) is 0 Å². The van der Waals surface area contributed by atoms with Crippen LogP contribution < -0.4 is 4.74 Å². The molecule has 0 amide bonds. The fourth-order valence-corrected chi connectivity index (χ4v) is 2.34. The molecule has 3 rings (SSSR count). The van der Waals surface area contributed by atoms with Crippen molar-refractivity contribution in [2.45, 2.75) is 37.7 Å². The summed E-state index contributed by atoms with van der Waals surface area (Å²) in [5.41, 5.74) is 0. The third kappa shape index (κ3) is 2.96. The molecular formula is C12H15BrN2O2. The van der Waals surface area contributed by atoms with E-state index in [1.807, 2.05) is 6.07 Å². The van der Waals surface area contributed by atoms with E-state index in [0.717, 1.165) is 36.5 Å². The molecule has 0 aromatic carbocycles. The number of nitrogens with zero attached hydrogens (tertiary/aromatic N) is 2. The predicted octanol–water partition coefficient (Wildman–Crippen LogP) is 2.67. The van der Waals surface area contributed by atoms with Crippen LogP contribution in [0.4, 0.5) is 0 Å². The Kier molecular flexibility index (Phi) is 3.29. The van der Waals surface area contributed by atoms with Crippen LogP contribution in [-0.4, -0.2) is 29.3 Å². The van der Waals surface area contributed by atoms with E-state index in [0.29, 0.717) is 11.8 Å². The highest BCUT2D eigenvalue weighted by atomic mass is 79.9. The lowest BCUT2D eigenvalue weighted by molar-refractivity contribution is 0.0235. The topological polar surface area (TPSA) is 44.2 Å². The van der Waals surface area contributed by atoms with Gasteiger partial charge in [0.15, 0.2) is 0 Å². The fourth-order valence-electron chi connectivity index (χ4n) is 1.96. The molecule has 0 radical (unpaired) electrons. The molecule has 92 valence electrons. The first-order chi connectivity index (χ1) is 8.31. The standard InChI is InChI=1S/C12H15BrN2O2/c13-10-7-11(15-12(14-10)8-1-2-8)17-9-3-5-16-6-4-9/h7-9H,1-6H2. The Labute approximate surface area is 109 Å². The summed E-state index contributed by atoms with van der Waals surface area (Å²) >= 11 is 3.42. The van der Waals surface area contributed by atoms with Gasteiger partial charge in [0.25, 0.3) is 0 Å². The van der Waals surface area contributed by atoms with Crippen molar-refractivity contribution in [1.29, 1.82) is 0 Å². The van der Waals surface area contributed by atoms with Crippen LogP contribution in [0.5, 0.6) is 5.88 Å². The fraction of sp³-hybridized carbons (Fsp3) is 0.667. The molecule has 1 saturated heterocycles. The highest BCUT2D eigenvalue weighted by Gasteiger charge is 2.27. The Balaban J connectivity index is 1.72. The van der Waals surface area contributed by atoms with E-state index in [-0.39, 0.29) is 6.10 Å². The lowest BCUT2D eigenvalue weighted by Gasteiger charge is -2.22. The van der Waals surface area contributed by atoms with Gasteiger partial charge in [0.1, 0.15) is 16.5 Å². The van der Waals surface area contributed by atoms with Crippen molar-refractivity contribution in [3.05, 3.63) is 16.5 Å². The summed E-state index contributed by atoms with van der Waals surface area (Å²) in [4.78, 5) is 8.88. The SMILES string of the molecule is Brc1cc(OC2CCOCC2)nc(C2CC2)n1. The molecule has 0 atom stereocenters. The Hall–Kier alpha value is -0.680. The van der Waals surface area contributed by atoms with Gasteiger partial charge in [0, 0.05) is 24.8 Å². The minimum absolute atomic E-state index is 0.234. The third-order valence-electron chi connectivity index (χ3n) is 3.09. The predicted molar refractivity (Wildman–Crippen MR) is 66.2 cm³/mol. The van der Waals surface area contributed by atoms with Crippen molar-refractivity contribution in [3.8, 4) is 5.88 Å². The smallest absolute Gasteiger partial charge is 0.218 e. The monoisotopic (exact) mass is 298 g/mol. The van der Waals surface area contributed by atoms with Crippen molar-refractivity contribution in [2.75, 3.05) is 13.2 Å². The molecule has 1 aliphatic carbocycles. The minimum Gasteiger partial charge on any atom is -0.474 e. The zero-order chi connectivity index (χ0) is 11.7. The maximum atomic E-state index is 5.89. The number of hydrogen-bond donors (Lipinski definition) is 0. The molecule has 1 aromatic heterocycles. The molecule has 2 heterocycles. The molecule has 0 N–H and O–H groups in total. The zero-order valence-electron chi connectivity index (χ0n) is 9.56. The second-order valence-electron chi connectivity index (χ2n) is 4.59. The second-order valence-corrected chi connectivity index (χ2v) is 5.40. The maximum Gasteiger partial charge on any atom is 0.218 e. The van der Waals surface area contributed by atoms with Crippen LogP contribution in [0.15, 0.2) is 10.7 Å². The van der Waals surface area contributed by atoms with Crippen molar-refractivity contribution >= 4 is 15.9 Å². The van der Waals surface area contributed by atoms with Crippen molar-refractivity contribution < 1.29 is 9.47 Å². The largest absolute Gasteiger partial charge is 0.474 e. The van der Waals surface area contributed by atoms with Crippen LogP contribution in [0, 0.1) is 0 Å². The van der Waals surface area contributed by atoms with Gasteiger partial charge in [-0.25, -0.2) is 4.98 Å². The zero-order valence-corrected chi connectivity index (χ0v) is 11.1. The van der Waals surface area contributed by atoms with Gasteiger partial charge < -0.3 is 9.47 Å². The van der Waals surface area contributed by atoms with Gasteiger partial charge in [-0.3, -0.25) is 0 Å². The van der Waals surface area contributed by atoms with Gasteiger partial charge in [-0.2, -0.15) is 4.98 Å². The number of halogens is 1. The average Bonchev–Trinajstić information content (AvgIpc) is 3.13. The van der Waals surface area contributed by atoms with Crippen molar-refractivity contribution in [2.24, 2.45) is 0 Å². The molecule has 1 saturated carbocycles. The lowest BCUT2D eigenvalue weighted by Crippen LogP contribution is -2.26. The minimum atomic E-state index is 0.234. The summed E-state index contributed by atoms with van der Waals surface area (Å²) in [6.07, 6.45) is 4.53. The summed E-state index contributed by atoms with van der Waals surface area (Å²) in [5.74, 6) is 2.16. The Morgan fingerprint density at radius 2 is 1.94 bits per heavy atom. The van der Waals surface area contributed by atoms with E-state index in [1.165, 1.54) is 12.8 Å². The summed E-state index contributed by atoms with van der Waals surface area (Å²) in [6.45, 7) is 1.57. The first-order valence-electron chi connectivity index (χ1n) is 6.10. The Bertz CT molecular complexity index is 403.